The van der Waals surface area contributed by atoms with Gasteiger partial charge >= 0.3 is 6.18 Å². The number of halogens is 3. The average Bonchev–Trinajstić information content (AvgIpc) is 3.09. The normalized spacial score (nSPS) is 19.6. The zero-order valence-electron chi connectivity index (χ0n) is 12.0. The fraction of sp³-hybridized carbons (Fsp3) is 0.533. The van der Waals surface area contributed by atoms with E-state index in [1.165, 1.54) is 11.1 Å². The van der Waals surface area contributed by atoms with Crippen LogP contribution in [0.25, 0.3) is 0 Å². The van der Waals surface area contributed by atoms with Gasteiger partial charge in [0.15, 0.2) is 0 Å². The Morgan fingerprint density at radius 2 is 1.95 bits per heavy atom. The summed E-state index contributed by atoms with van der Waals surface area (Å²) < 4.78 is 38.8. The van der Waals surface area contributed by atoms with E-state index < -0.39 is 11.7 Å². The predicted molar refractivity (Wildman–Crippen MR) is 77.4 cm³/mol. The van der Waals surface area contributed by atoms with Gasteiger partial charge < -0.3 is 5.32 Å². The molecule has 0 radical (unpaired) electrons. The third kappa shape index (κ3) is 3.13. The van der Waals surface area contributed by atoms with E-state index in [-0.39, 0.29) is 11.9 Å². The van der Waals surface area contributed by atoms with E-state index in [1.54, 1.807) is 0 Å². The van der Waals surface area contributed by atoms with Crippen molar-refractivity contribution in [2.75, 3.05) is 16.9 Å². The maximum Gasteiger partial charge on any atom is 0.416 e. The van der Waals surface area contributed by atoms with Gasteiger partial charge in [0, 0.05) is 19.0 Å². The van der Waals surface area contributed by atoms with E-state index in [0.29, 0.717) is 24.3 Å². The van der Waals surface area contributed by atoms with Crippen LogP contribution in [0.2, 0.25) is 0 Å². The van der Waals surface area contributed by atoms with E-state index in [2.05, 4.69) is 10.7 Å². The van der Waals surface area contributed by atoms with Crippen molar-refractivity contribution in [2.45, 2.75) is 44.3 Å². The molecule has 1 aliphatic carbocycles. The summed E-state index contributed by atoms with van der Waals surface area (Å²) in [6.07, 6.45) is 0.200. The van der Waals surface area contributed by atoms with Crippen LogP contribution >= 0.6 is 0 Å². The van der Waals surface area contributed by atoms with E-state index >= 15 is 0 Å². The molecule has 1 aliphatic heterocycles. The van der Waals surface area contributed by atoms with Crippen molar-refractivity contribution in [1.82, 2.24) is 5.43 Å². The van der Waals surface area contributed by atoms with Gasteiger partial charge in [-0.15, -0.1) is 0 Å². The fourth-order valence-corrected chi connectivity index (χ4v) is 3.00. The summed E-state index contributed by atoms with van der Waals surface area (Å²) in [5.41, 5.74) is 2.92. The molecule has 7 heteroatoms. The summed E-state index contributed by atoms with van der Waals surface area (Å²) in [6, 6.07) is 3.93. The second kappa shape index (κ2) is 5.70. The van der Waals surface area contributed by atoms with Gasteiger partial charge in [0.25, 0.3) is 0 Å². The molecule has 1 heterocycles. The number of benzene rings is 1. The lowest BCUT2D eigenvalue weighted by atomic mass is 10.1. The number of amides is 1. The number of nitrogens with zero attached hydrogens (tertiary/aromatic N) is 1. The summed E-state index contributed by atoms with van der Waals surface area (Å²) >= 11 is 0. The molecule has 2 aliphatic rings. The highest BCUT2D eigenvalue weighted by Crippen LogP contribution is 2.37. The summed E-state index contributed by atoms with van der Waals surface area (Å²) in [5, 5.41) is 4.81. The lowest BCUT2D eigenvalue weighted by Gasteiger charge is -2.25. The average molecular weight is 313 g/mol. The number of carbonyl (C=O) groups excluding carboxylic acids is 1. The number of alkyl halides is 3. The molecule has 2 fully saturated rings. The minimum Gasteiger partial charge on any atom is -0.381 e. The highest BCUT2D eigenvalue weighted by Gasteiger charge is 2.33. The fourth-order valence-electron chi connectivity index (χ4n) is 3.00. The van der Waals surface area contributed by atoms with Gasteiger partial charge in [-0.2, -0.15) is 13.2 Å². The molecule has 1 aromatic rings. The van der Waals surface area contributed by atoms with Crippen LogP contribution in [-0.2, 0) is 11.0 Å². The Morgan fingerprint density at radius 3 is 2.55 bits per heavy atom. The van der Waals surface area contributed by atoms with Crippen LogP contribution in [0.4, 0.5) is 24.5 Å². The number of anilines is 2. The molecule has 1 amide bonds. The van der Waals surface area contributed by atoms with Gasteiger partial charge in [0.2, 0.25) is 5.91 Å². The van der Waals surface area contributed by atoms with Gasteiger partial charge in [-0.1, -0.05) is 12.8 Å². The molecule has 120 valence electrons. The Labute approximate surface area is 126 Å². The lowest BCUT2D eigenvalue weighted by Crippen LogP contribution is -2.34. The van der Waals surface area contributed by atoms with Crippen LogP contribution in [0.15, 0.2) is 18.2 Å². The quantitative estimate of drug-likeness (QED) is 0.900. The smallest absolute Gasteiger partial charge is 0.381 e. The molecule has 0 unspecified atom stereocenters. The second-order valence-corrected chi connectivity index (χ2v) is 5.79. The van der Waals surface area contributed by atoms with E-state index in [1.807, 2.05) is 0 Å². The number of nitrogens with one attached hydrogen (secondary N) is 2. The molecule has 0 atom stereocenters. The van der Waals surface area contributed by atoms with Gasteiger partial charge in [-0.3, -0.25) is 15.2 Å². The number of carbonyl (C=O) groups is 1. The molecule has 22 heavy (non-hydrogen) atoms. The van der Waals surface area contributed by atoms with Crippen molar-refractivity contribution >= 4 is 17.3 Å². The molecular formula is C15H18F3N3O. The van der Waals surface area contributed by atoms with Gasteiger partial charge in [0.05, 0.1) is 16.9 Å². The van der Waals surface area contributed by atoms with E-state index in [0.717, 1.165) is 37.8 Å². The highest BCUT2D eigenvalue weighted by atomic mass is 19.4. The van der Waals surface area contributed by atoms with Crippen molar-refractivity contribution in [3.8, 4) is 0 Å². The van der Waals surface area contributed by atoms with Gasteiger partial charge in [-0.25, -0.2) is 0 Å². The second-order valence-electron chi connectivity index (χ2n) is 5.79. The lowest BCUT2D eigenvalue weighted by molar-refractivity contribution is -0.137. The van der Waals surface area contributed by atoms with E-state index in [4.69, 9.17) is 0 Å². The Hall–Kier alpha value is -1.92. The first-order chi connectivity index (χ1) is 10.4. The maximum absolute atomic E-state index is 12.9. The standard InChI is InChI=1S/C15H18F3N3O/c16-15(17,18)10-5-6-12(19-11-3-1-2-4-11)13(9-10)21-8-7-14(22)20-21/h5-6,9,11,19H,1-4,7-8H2,(H,20,22). The molecule has 1 aromatic carbocycles. The number of rotatable bonds is 3. The number of hydrogen-bond acceptors (Lipinski definition) is 3. The van der Waals surface area contributed by atoms with Crippen LogP contribution in [-0.4, -0.2) is 18.5 Å². The molecule has 1 saturated carbocycles. The topological polar surface area (TPSA) is 44.4 Å². The molecule has 0 bridgehead atoms. The van der Waals surface area contributed by atoms with Crippen molar-refractivity contribution in [3.63, 3.8) is 0 Å². The summed E-state index contributed by atoms with van der Waals surface area (Å²) in [6.45, 7) is 0.374. The summed E-state index contributed by atoms with van der Waals surface area (Å²) in [4.78, 5) is 11.4. The van der Waals surface area contributed by atoms with Crippen molar-refractivity contribution < 1.29 is 18.0 Å². The third-order valence-electron chi connectivity index (χ3n) is 4.15. The van der Waals surface area contributed by atoms with Gasteiger partial charge in [-0.05, 0) is 31.0 Å². The molecule has 2 N–H and O–H groups in total. The maximum atomic E-state index is 12.9. The first kappa shape index (κ1) is 15.0. The van der Waals surface area contributed by atoms with Crippen LogP contribution < -0.4 is 15.8 Å². The van der Waals surface area contributed by atoms with Gasteiger partial charge in [0.1, 0.15) is 0 Å². The van der Waals surface area contributed by atoms with Crippen molar-refractivity contribution in [3.05, 3.63) is 23.8 Å². The zero-order chi connectivity index (χ0) is 15.7. The minimum absolute atomic E-state index is 0.177. The summed E-state index contributed by atoms with van der Waals surface area (Å²) in [5.74, 6) is -0.177. The largest absolute Gasteiger partial charge is 0.416 e. The zero-order valence-corrected chi connectivity index (χ0v) is 12.0. The predicted octanol–water partition coefficient (Wildman–Crippen LogP) is 3.30. The Morgan fingerprint density at radius 1 is 1.23 bits per heavy atom. The monoisotopic (exact) mass is 313 g/mol. The minimum atomic E-state index is -4.40. The molecule has 0 spiro atoms. The van der Waals surface area contributed by atoms with Crippen LogP contribution in [0.5, 0.6) is 0 Å². The molecule has 4 nitrogen and oxygen atoms in total. The van der Waals surface area contributed by atoms with Crippen LogP contribution in [0.3, 0.4) is 0 Å². The first-order valence-electron chi connectivity index (χ1n) is 7.48. The molecular weight excluding hydrogens is 295 g/mol. The Balaban J connectivity index is 1.91. The number of hydrogen-bond donors (Lipinski definition) is 2. The molecule has 0 aromatic heterocycles. The molecule has 3 rings (SSSR count). The highest BCUT2D eigenvalue weighted by molar-refractivity contribution is 5.84. The van der Waals surface area contributed by atoms with E-state index in [9.17, 15) is 18.0 Å². The number of hydrazine groups is 1. The van der Waals surface area contributed by atoms with Crippen LogP contribution in [0.1, 0.15) is 37.7 Å². The SMILES string of the molecule is O=C1CCN(c2cc(C(F)(F)F)ccc2NC2CCCC2)N1. The Bertz CT molecular complexity index is 568. The van der Waals surface area contributed by atoms with Crippen molar-refractivity contribution in [1.29, 1.82) is 0 Å². The van der Waals surface area contributed by atoms with Crippen LogP contribution in [0, 0.1) is 0 Å². The molecule has 1 saturated heterocycles. The first-order valence-corrected chi connectivity index (χ1v) is 7.48. The van der Waals surface area contributed by atoms with Crippen molar-refractivity contribution in [2.24, 2.45) is 0 Å². The third-order valence-corrected chi connectivity index (χ3v) is 4.15. The Kier molecular flexibility index (Phi) is 3.88. The summed E-state index contributed by atoms with van der Waals surface area (Å²) in [7, 11) is 0.